The van der Waals surface area contributed by atoms with Crippen LogP contribution in [-0.2, 0) is 33.3 Å². The van der Waals surface area contributed by atoms with Gasteiger partial charge in [0.25, 0.3) is 0 Å². The number of aliphatic hydroxyl groups excluding tert-OH is 1. The van der Waals surface area contributed by atoms with Gasteiger partial charge < -0.3 is 19.3 Å². The van der Waals surface area contributed by atoms with Crippen LogP contribution in [0.25, 0.3) is 0 Å². The van der Waals surface area contributed by atoms with Crippen LogP contribution in [0.5, 0.6) is 0 Å². The van der Waals surface area contributed by atoms with E-state index in [1.54, 1.807) is 12.2 Å². The molecule has 0 bridgehead atoms. The van der Waals surface area contributed by atoms with Crippen LogP contribution in [0.15, 0.2) is 36.5 Å². The number of allylic oxidation sites excluding steroid dienone is 2. The summed E-state index contributed by atoms with van der Waals surface area (Å²) in [6, 6.07) is 0. The normalized spacial score (nSPS) is 33.5. The van der Waals surface area contributed by atoms with E-state index in [4.69, 9.17) is 18.9 Å². The summed E-state index contributed by atoms with van der Waals surface area (Å²) in [7, 11) is 0. The van der Waals surface area contributed by atoms with Gasteiger partial charge in [-0.3, -0.25) is 19.1 Å². The molecule has 0 aromatic heterocycles. The monoisotopic (exact) mass is 588 g/mol. The van der Waals surface area contributed by atoms with Crippen LogP contribution in [0.4, 0.5) is 0 Å². The second kappa shape index (κ2) is 14.8. The average molecular weight is 589 g/mol. The molecule has 42 heavy (non-hydrogen) atoms. The first-order chi connectivity index (χ1) is 19.9. The summed E-state index contributed by atoms with van der Waals surface area (Å²) in [5.41, 5.74) is -0.106. The van der Waals surface area contributed by atoms with Crippen LogP contribution in [0.3, 0.4) is 0 Å². The number of hydrogen-bond acceptors (Lipinski definition) is 8. The van der Waals surface area contributed by atoms with Crippen LogP contribution in [0.2, 0.25) is 0 Å². The second-order valence-electron chi connectivity index (χ2n) is 12.8. The van der Waals surface area contributed by atoms with E-state index in [1.807, 2.05) is 0 Å². The van der Waals surface area contributed by atoms with Gasteiger partial charge in [0.15, 0.2) is 0 Å². The Morgan fingerprint density at radius 1 is 1.02 bits per heavy atom. The predicted octanol–water partition coefficient (Wildman–Crippen LogP) is 6.71. The number of aliphatic hydroxyl groups is 1. The van der Waals surface area contributed by atoms with Gasteiger partial charge in [-0.25, -0.2) is 0 Å². The van der Waals surface area contributed by atoms with Crippen molar-refractivity contribution in [3.63, 3.8) is 0 Å². The minimum absolute atomic E-state index is 0.0828. The molecule has 0 aromatic rings. The van der Waals surface area contributed by atoms with Crippen molar-refractivity contribution in [3.8, 4) is 0 Å². The van der Waals surface area contributed by atoms with E-state index < -0.39 is 42.1 Å². The zero-order chi connectivity index (χ0) is 31.1. The lowest BCUT2D eigenvalue weighted by atomic mass is 9.45. The first-order valence-corrected chi connectivity index (χ1v) is 15.8. The largest absolute Gasteiger partial charge is 0.461 e. The van der Waals surface area contributed by atoms with Crippen molar-refractivity contribution < 1.29 is 38.4 Å². The van der Waals surface area contributed by atoms with Crippen molar-refractivity contribution in [1.82, 2.24) is 0 Å². The van der Waals surface area contributed by atoms with Gasteiger partial charge in [-0.15, -0.1) is 0 Å². The Kier molecular flexibility index (Phi) is 12.0. The Morgan fingerprint density at radius 2 is 1.67 bits per heavy atom. The second-order valence-corrected chi connectivity index (χ2v) is 12.8. The SMILES string of the molecule is C=CC(=C)CC[C@@]1(C)[C@H]2C[C@H](O)C=C3[C@@H](OC(C)=O)O[C@H](OC(C)=O)[C@@]32[C@@H](OC(=O)CCCCCCCCC)C[C@@H]1C. The molecule has 8 atom stereocenters. The van der Waals surface area contributed by atoms with Crippen molar-refractivity contribution >= 4 is 17.9 Å². The Hall–Kier alpha value is -2.45. The fourth-order valence-electron chi connectivity index (χ4n) is 7.50. The Balaban J connectivity index is 2.00. The smallest absolute Gasteiger partial charge is 0.306 e. The van der Waals surface area contributed by atoms with E-state index in [0.717, 1.165) is 31.3 Å². The molecular formula is C34H52O8. The summed E-state index contributed by atoms with van der Waals surface area (Å²) >= 11 is 0. The maximum Gasteiger partial charge on any atom is 0.306 e. The fourth-order valence-corrected chi connectivity index (χ4v) is 7.50. The van der Waals surface area contributed by atoms with Gasteiger partial charge in [-0.2, -0.15) is 0 Å². The molecule has 1 saturated heterocycles. The molecule has 1 aliphatic heterocycles. The first-order valence-electron chi connectivity index (χ1n) is 15.8. The molecule has 236 valence electrons. The molecule has 8 nitrogen and oxygen atoms in total. The number of ether oxygens (including phenoxy) is 4. The summed E-state index contributed by atoms with van der Waals surface area (Å²) < 4.78 is 23.9. The first kappa shape index (κ1) is 34.0. The molecule has 1 spiro atoms. The quantitative estimate of drug-likeness (QED) is 0.0739. The molecule has 2 aliphatic carbocycles. The lowest BCUT2D eigenvalue weighted by molar-refractivity contribution is -0.257. The molecule has 0 aromatic carbocycles. The van der Waals surface area contributed by atoms with Crippen LogP contribution in [0.1, 0.15) is 112 Å². The van der Waals surface area contributed by atoms with E-state index in [-0.39, 0.29) is 23.2 Å². The molecule has 0 amide bonds. The van der Waals surface area contributed by atoms with Gasteiger partial charge in [-0.1, -0.05) is 84.1 Å². The third-order valence-electron chi connectivity index (χ3n) is 9.92. The highest BCUT2D eigenvalue weighted by Crippen LogP contribution is 2.67. The van der Waals surface area contributed by atoms with Crippen molar-refractivity contribution in [3.05, 3.63) is 36.5 Å². The highest BCUT2D eigenvalue weighted by atomic mass is 16.8. The Morgan fingerprint density at radius 3 is 2.29 bits per heavy atom. The predicted molar refractivity (Wildman–Crippen MR) is 160 cm³/mol. The summed E-state index contributed by atoms with van der Waals surface area (Å²) in [5, 5.41) is 11.1. The van der Waals surface area contributed by atoms with Gasteiger partial charge in [0, 0.05) is 25.8 Å². The summed E-state index contributed by atoms with van der Waals surface area (Å²) in [5.74, 6) is -1.67. The molecule has 8 heteroatoms. The lowest BCUT2D eigenvalue weighted by Crippen LogP contribution is -2.63. The molecule has 3 aliphatic rings. The zero-order valence-corrected chi connectivity index (χ0v) is 26.3. The average Bonchev–Trinajstić information content (AvgIpc) is 3.21. The zero-order valence-electron chi connectivity index (χ0n) is 26.3. The van der Waals surface area contributed by atoms with Gasteiger partial charge in [-0.05, 0) is 55.4 Å². The third kappa shape index (κ3) is 7.36. The van der Waals surface area contributed by atoms with Crippen molar-refractivity contribution in [2.24, 2.45) is 22.7 Å². The van der Waals surface area contributed by atoms with Gasteiger partial charge in [0.2, 0.25) is 12.6 Å². The number of carbonyl (C=O) groups is 3. The maximum absolute atomic E-state index is 13.3. The van der Waals surface area contributed by atoms with Crippen LogP contribution >= 0.6 is 0 Å². The van der Waals surface area contributed by atoms with Crippen LogP contribution in [0, 0.1) is 22.7 Å². The standard InChI is InChI=1S/C34H52O8/c1-8-10-11-12-13-14-15-16-30(38)41-29-19-23(4)33(7,18-17-22(3)9-2)28-21-26(37)20-27-31(39-24(5)35)42-32(34(27,28)29)40-25(6)36/h9,20,23,26,28-29,31-32,37H,2-3,8,10-19,21H2,1,4-7H3/t23-,26+,28+,29-,31-,32-,33+,34-/m0/s1. The molecule has 2 fully saturated rings. The summed E-state index contributed by atoms with van der Waals surface area (Å²) in [4.78, 5) is 37.9. The van der Waals surface area contributed by atoms with Crippen molar-refractivity contribution in [2.45, 2.75) is 136 Å². The van der Waals surface area contributed by atoms with Crippen molar-refractivity contribution in [1.29, 1.82) is 0 Å². The minimum atomic E-state index is -1.17. The number of carbonyl (C=O) groups excluding carboxylic acids is 3. The van der Waals surface area contributed by atoms with Crippen LogP contribution < -0.4 is 0 Å². The van der Waals surface area contributed by atoms with E-state index in [2.05, 4.69) is 33.9 Å². The van der Waals surface area contributed by atoms with Crippen molar-refractivity contribution in [2.75, 3.05) is 0 Å². The molecule has 0 radical (unpaired) electrons. The fraction of sp³-hybridized carbons (Fsp3) is 0.735. The van der Waals surface area contributed by atoms with E-state index in [0.29, 0.717) is 31.3 Å². The van der Waals surface area contributed by atoms with Crippen LogP contribution in [-0.4, -0.2) is 47.8 Å². The Bertz CT molecular complexity index is 1030. The van der Waals surface area contributed by atoms with Gasteiger partial charge in [0.05, 0.1) is 6.10 Å². The Labute approximate surface area is 251 Å². The van der Waals surface area contributed by atoms with E-state index in [9.17, 15) is 19.5 Å². The minimum Gasteiger partial charge on any atom is -0.461 e. The highest BCUT2D eigenvalue weighted by Gasteiger charge is 2.72. The lowest BCUT2D eigenvalue weighted by Gasteiger charge is -2.60. The number of unbranched alkanes of at least 4 members (excludes halogenated alkanes) is 6. The molecule has 3 rings (SSSR count). The number of esters is 3. The van der Waals surface area contributed by atoms with Gasteiger partial charge in [0.1, 0.15) is 11.5 Å². The molecule has 1 N–H and O–H groups in total. The topological polar surface area (TPSA) is 108 Å². The van der Waals surface area contributed by atoms with E-state index >= 15 is 0 Å². The molecule has 0 unspecified atom stereocenters. The molecule has 1 saturated carbocycles. The van der Waals surface area contributed by atoms with Gasteiger partial charge >= 0.3 is 17.9 Å². The number of hydrogen-bond donors (Lipinski definition) is 1. The highest BCUT2D eigenvalue weighted by molar-refractivity contribution is 5.70. The molecule has 1 heterocycles. The van der Waals surface area contributed by atoms with E-state index in [1.165, 1.54) is 39.5 Å². The maximum atomic E-state index is 13.3. The molecular weight excluding hydrogens is 536 g/mol. The summed E-state index contributed by atoms with van der Waals surface area (Å²) in [6.45, 7) is 17.1. The third-order valence-corrected chi connectivity index (χ3v) is 9.92. The number of rotatable bonds is 15. The summed E-state index contributed by atoms with van der Waals surface area (Å²) in [6.07, 6.45) is 9.69.